The maximum absolute atomic E-state index is 13.1. The topological polar surface area (TPSA) is 29.1 Å². The summed E-state index contributed by atoms with van der Waals surface area (Å²) < 4.78 is 13.1. The zero-order valence-electron chi connectivity index (χ0n) is 9.51. The minimum Gasteiger partial charge on any atom is -0.355 e. The van der Waals surface area contributed by atoms with Gasteiger partial charge in [0.1, 0.15) is 5.82 Å². The van der Waals surface area contributed by atoms with Crippen LogP contribution in [0.15, 0.2) is 24.3 Å². The van der Waals surface area contributed by atoms with Crippen molar-refractivity contribution in [3.05, 3.63) is 35.6 Å². The van der Waals surface area contributed by atoms with Crippen molar-refractivity contribution in [2.45, 2.75) is 24.7 Å². The van der Waals surface area contributed by atoms with E-state index in [1.807, 2.05) is 6.07 Å². The molecule has 0 radical (unpaired) electrons. The van der Waals surface area contributed by atoms with Crippen molar-refractivity contribution in [1.82, 2.24) is 5.32 Å². The predicted octanol–water partition coefficient (Wildman–Crippen LogP) is 2.60. The molecule has 92 valence electrons. The van der Waals surface area contributed by atoms with Crippen LogP contribution in [0.3, 0.4) is 0 Å². The Morgan fingerprint density at radius 1 is 1.47 bits per heavy atom. The van der Waals surface area contributed by atoms with Gasteiger partial charge in [-0.05, 0) is 30.5 Å². The summed E-state index contributed by atoms with van der Waals surface area (Å²) >= 11 is 5.49. The summed E-state index contributed by atoms with van der Waals surface area (Å²) in [6.45, 7) is 0.576. The van der Waals surface area contributed by atoms with Gasteiger partial charge in [-0.3, -0.25) is 4.79 Å². The van der Waals surface area contributed by atoms with Gasteiger partial charge in [0, 0.05) is 24.3 Å². The van der Waals surface area contributed by atoms with E-state index in [0.717, 1.165) is 18.4 Å². The second-order valence-electron chi connectivity index (χ2n) is 4.51. The average molecular weight is 256 g/mol. The first-order valence-corrected chi connectivity index (χ1v) is 6.28. The molecule has 1 saturated carbocycles. The number of amides is 1. The van der Waals surface area contributed by atoms with Crippen molar-refractivity contribution in [2.24, 2.45) is 0 Å². The lowest BCUT2D eigenvalue weighted by Crippen LogP contribution is -2.32. The van der Waals surface area contributed by atoms with Crippen LogP contribution in [0.25, 0.3) is 0 Å². The Labute approximate surface area is 105 Å². The lowest BCUT2D eigenvalue weighted by atomic mass is 9.96. The van der Waals surface area contributed by atoms with Gasteiger partial charge in [-0.2, -0.15) is 0 Å². The first kappa shape index (κ1) is 12.4. The van der Waals surface area contributed by atoms with Crippen LogP contribution in [0.1, 0.15) is 24.8 Å². The maximum atomic E-state index is 13.1. The molecule has 2 rings (SSSR count). The minimum absolute atomic E-state index is 0.0392. The summed E-state index contributed by atoms with van der Waals surface area (Å²) in [6.07, 6.45) is 2.33. The molecule has 1 aromatic carbocycles. The van der Waals surface area contributed by atoms with Gasteiger partial charge in [0.05, 0.1) is 0 Å². The molecule has 0 spiro atoms. The van der Waals surface area contributed by atoms with E-state index >= 15 is 0 Å². The highest BCUT2D eigenvalue weighted by Crippen LogP contribution is 2.47. The molecule has 2 nitrogen and oxygen atoms in total. The molecular formula is C13H15ClFNO. The van der Waals surface area contributed by atoms with E-state index in [4.69, 9.17) is 11.6 Å². The fraction of sp³-hybridized carbons (Fsp3) is 0.462. The molecule has 0 aliphatic heterocycles. The number of benzene rings is 1. The monoisotopic (exact) mass is 255 g/mol. The quantitative estimate of drug-likeness (QED) is 0.805. The Hall–Kier alpha value is -1.09. The zero-order valence-corrected chi connectivity index (χ0v) is 10.3. The summed E-state index contributed by atoms with van der Waals surface area (Å²) in [5.74, 6) is 0.0715. The van der Waals surface area contributed by atoms with Crippen molar-refractivity contribution in [1.29, 1.82) is 0 Å². The van der Waals surface area contributed by atoms with Crippen LogP contribution < -0.4 is 5.32 Å². The van der Waals surface area contributed by atoms with E-state index in [1.165, 1.54) is 6.07 Å². The number of halogens is 2. The molecular weight excluding hydrogens is 241 g/mol. The molecule has 0 unspecified atom stereocenters. The fourth-order valence-electron chi connectivity index (χ4n) is 1.98. The van der Waals surface area contributed by atoms with Gasteiger partial charge in [-0.1, -0.05) is 12.1 Å². The van der Waals surface area contributed by atoms with Gasteiger partial charge in [0.25, 0.3) is 0 Å². The van der Waals surface area contributed by atoms with E-state index in [1.54, 1.807) is 12.1 Å². The Bertz CT molecular complexity index is 418. The highest BCUT2D eigenvalue weighted by molar-refractivity contribution is 6.18. The molecule has 0 aromatic heterocycles. The summed E-state index contributed by atoms with van der Waals surface area (Å²) in [6, 6.07) is 6.63. The Kier molecular flexibility index (Phi) is 3.67. The van der Waals surface area contributed by atoms with Crippen LogP contribution in [0.5, 0.6) is 0 Å². The van der Waals surface area contributed by atoms with Gasteiger partial charge < -0.3 is 5.32 Å². The third-order valence-electron chi connectivity index (χ3n) is 3.24. The average Bonchev–Trinajstić information content (AvgIpc) is 3.08. The maximum Gasteiger partial charge on any atom is 0.221 e. The lowest BCUT2D eigenvalue weighted by molar-refractivity contribution is -0.120. The van der Waals surface area contributed by atoms with Gasteiger partial charge in [0.2, 0.25) is 5.91 Å². The molecule has 1 N–H and O–H groups in total. The van der Waals surface area contributed by atoms with Crippen molar-refractivity contribution < 1.29 is 9.18 Å². The molecule has 1 aromatic rings. The molecule has 1 aliphatic rings. The van der Waals surface area contributed by atoms with E-state index in [9.17, 15) is 9.18 Å². The molecule has 0 saturated heterocycles. The number of hydrogen-bond donors (Lipinski definition) is 1. The number of carbonyl (C=O) groups excluding carboxylic acids is 1. The van der Waals surface area contributed by atoms with Gasteiger partial charge in [-0.25, -0.2) is 4.39 Å². The SMILES string of the molecule is O=C(CCCl)NCC1(c2cccc(F)c2)CC1. The molecule has 0 heterocycles. The molecule has 4 heteroatoms. The Balaban J connectivity index is 1.98. The normalized spacial score (nSPS) is 16.6. The minimum atomic E-state index is -0.221. The van der Waals surface area contributed by atoms with Crippen molar-refractivity contribution in [3.8, 4) is 0 Å². The fourth-order valence-corrected chi connectivity index (χ4v) is 2.15. The van der Waals surface area contributed by atoms with Crippen molar-refractivity contribution in [3.63, 3.8) is 0 Å². The molecule has 1 amide bonds. The Morgan fingerprint density at radius 3 is 2.82 bits per heavy atom. The zero-order chi connectivity index (χ0) is 12.3. The smallest absolute Gasteiger partial charge is 0.221 e. The molecule has 1 aliphatic carbocycles. The Morgan fingerprint density at radius 2 is 2.24 bits per heavy atom. The van der Waals surface area contributed by atoms with E-state index < -0.39 is 0 Å². The first-order chi connectivity index (χ1) is 8.16. The van der Waals surface area contributed by atoms with Crippen LogP contribution in [0, 0.1) is 5.82 Å². The number of alkyl halides is 1. The van der Waals surface area contributed by atoms with Crippen LogP contribution in [-0.2, 0) is 10.2 Å². The third-order valence-corrected chi connectivity index (χ3v) is 3.43. The molecule has 0 atom stereocenters. The summed E-state index contributed by atoms with van der Waals surface area (Å²) in [5.41, 5.74) is 0.924. The number of carbonyl (C=O) groups is 1. The second-order valence-corrected chi connectivity index (χ2v) is 4.88. The highest BCUT2D eigenvalue weighted by atomic mass is 35.5. The van der Waals surface area contributed by atoms with E-state index in [2.05, 4.69) is 5.32 Å². The summed E-state index contributed by atoms with van der Waals surface area (Å²) in [7, 11) is 0. The van der Waals surface area contributed by atoms with Gasteiger partial charge >= 0.3 is 0 Å². The molecule has 1 fully saturated rings. The number of nitrogens with one attached hydrogen (secondary N) is 1. The standard InChI is InChI=1S/C13H15ClFNO/c14-7-4-12(17)16-9-13(5-6-13)10-2-1-3-11(15)8-10/h1-3,8H,4-7,9H2,(H,16,17). The lowest BCUT2D eigenvalue weighted by Gasteiger charge is -2.16. The van der Waals surface area contributed by atoms with E-state index in [-0.39, 0.29) is 17.1 Å². The first-order valence-electron chi connectivity index (χ1n) is 5.75. The number of hydrogen-bond acceptors (Lipinski definition) is 1. The highest BCUT2D eigenvalue weighted by Gasteiger charge is 2.44. The van der Waals surface area contributed by atoms with Crippen LogP contribution in [-0.4, -0.2) is 18.3 Å². The van der Waals surface area contributed by atoms with Crippen LogP contribution in [0.2, 0.25) is 0 Å². The summed E-state index contributed by atoms with van der Waals surface area (Å²) in [4.78, 5) is 11.3. The van der Waals surface area contributed by atoms with Crippen LogP contribution >= 0.6 is 11.6 Å². The van der Waals surface area contributed by atoms with Gasteiger partial charge in [-0.15, -0.1) is 11.6 Å². The summed E-state index contributed by atoms with van der Waals surface area (Å²) in [5, 5.41) is 2.86. The van der Waals surface area contributed by atoms with Gasteiger partial charge in [0.15, 0.2) is 0 Å². The van der Waals surface area contributed by atoms with Crippen molar-refractivity contribution >= 4 is 17.5 Å². The van der Waals surface area contributed by atoms with E-state index in [0.29, 0.717) is 18.8 Å². The number of rotatable bonds is 5. The predicted molar refractivity (Wildman–Crippen MR) is 65.7 cm³/mol. The molecule has 17 heavy (non-hydrogen) atoms. The molecule has 0 bridgehead atoms. The largest absolute Gasteiger partial charge is 0.355 e. The third kappa shape index (κ3) is 2.97. The van der Waals surface area contributed by atoms with Crippen molar-refractivity contribution in [2.75, 3.05) is 12.4 Å². The van der Waals surface area contributed by atoms with Crippen LogP contribution in [0.4, 0.5) is 4.39 Å². The second kappa shape index (κ2) is 5.05.